The van der Waals surface area contributed by atoms with Gasteiger partial charge in [0.2, 0.25) is 0 Å². The summed E-state index contributed by atoms with van der Waals surface area (Å²) in [6.45, 7) is 0. The van der Waals surface area contributed by atoms with E-state index in [1.54, 1.807) is 89.9 Å². The maximum atomic E-state index is 1.62. The molecule has 1 heteroatoms. The molecular weight excluding hydrogens is 407 g/mol. The van der Waals surface area contributed by atoms with Gasteiger partial charge in [0.1, 0.15) is 0 Å². The van der Waals surface area contributed by atoms with E-state index in [1.807, 2.05) is 0 Å². The normalized spacial score (nSPS) is 25.3. The molecule has 0 heterocycles. The van der Waals surface area contributed by atoms with Crippen LogP contribution < -0.4 is 0 Å². The van der Waals surface area contributed by atoms with Crippen LogP contribution in [0.4, 0.5) is 0 Å². The zero-order valence-electron chi connectivity index (χ0n) is 17.0. The van der Waals surface area contributed by atoms with E-state index in [0.29, 0.717) is 0 Å². The third kappa shape index (κ3) is 5.20. The molecule has 0 nitrogen and oxygen atoms in total. The Kier molecular flexibility index (Phi) is 9.00. The molecule has 3 fully saturated rings. The minimum atomic E-state index is 0.770. The minimum absolute atomic E-state index is 0.770. The van der Waals surface area contributed by atoms with Crippen LogP contribution >= 0.6 is 0 Å². The summed E-state index contributed by atoms with van der Waals surface area (Å²) in [6.07, 6.45) is 29.7. The molecule has 3 aliphatic carbocycles. The second-order valence-electron chi connectivity index (χ2n) is 9.72. The summed E-state index contributed by atoms with van der Waals surface area (Å²) in [5.41, 5.74) is 0.770. The van der Waals surface area contributed by atoms with Crippen molar-refractivity contribution >= 4 is 22.5 Å². The first kappa shape index (κ1) is 20.5. The molecule has 144 valence electrons. The molecule has 0 bridgehead atoms. The van der Waals surface area contributed by atoms with E-state index >= 15 is 0 Å². The summed E-state index contributed by atoms with van der Waals surface area (Å²) < 4.78 is 1.52. The SMILES string of the molecule is [SnH][CH2]CCCCC(C1CCCCC1)(C1CCCCC1)C1CCCCC1. The summed E-state index contributed by atoms with van der Waals surface area (Å²) in [7, 11) is 0. The van der Waals surface area contributed by atoms with Crippen molar-refractivity contribution in [2.75, 3.05) is 0 Å². The average molecular weight is 451 g/mol. The van der Waals surface area contributed by atoms with Gasteiger partial charge in [-0.05, 0) is 0 Å². The van der Waals surface area contributed by atoms with Crippen LogP contribution in [0.3, 0.4) is 0 Å². The third-order valence-corrected chi connectivity index (χ3v) is 9.57. The maximum absolute atomic E-state index is 1.62. The van der Waals surface area contributed by atoms with Gasteiger partial charge in [0.15, 0.2) is 0 Å². The van der Waals surface area contributed by atoms with Crippen molar-refractivity contribution in [1.29, 1.82) is 0 Å². The molecule has 0 aromatic carbocycles. The van der Waals surface area contributed by atoms with Gasteiger partial charge in [-0.3, -0.25) is 0 Å². The third-order valence-electron chi connectivity index (χ3n) is 8.41. The molecule has 3 aliphatic rings. The molecule has 0 aromatic rings. The van der Waals surface area contributed by atoms with E-state index in [9.17, 15) is 0 Å². The molecule has 25 heavy (non-hydrogen) atoms. The first-order valence-electron chi connectivity index (χ1n) is 12.1. The zero-order valence-corrected chi connectivity index (χ0v) is 20.2. The first-order chi connectivity index (χ1) is 12.4. The quantitative estimate of drug-likeness (QED) is 0.263. The molecule has 0 amide bonds. The summed E-state index contributed by atoms with van der Waals surface area (Å²) in [6, 6.07) is 0. The van der Waals surface area contributed by atoms with Crippen molar-refractivity contribution in [2.24, 2.45) is 23.2 Å². The topological polar surface area (TPSA) is 0 Å². The van der Waals surface area contributed by atoms with Gasteiger partial charge >= 0.3 is 172 Å². The number of hydrogen-bond acceptors (Lipinski definition) is 0. The van der Waals surface area contributed by atoms with Gasteiger partial charge in [0, 0.05) is 0 Å². The second-order valence-corrected chi connectivity index (χ2v) is 11.4. The second kappa shape index (κ2) is 11.0. The van der Waals surface area contributed by atoms with Crippen molar-refractivity contribution in [1.82, 2.24) is 0 Å². The Bertz CT molecular complexity index is 300. The first-order valence-corrected chi connectivity index (χ1v) is 14.4. The Hall–Kier alpha value is 0.799. The standard InChI is InChI=1S/C24H43.Sn.H/c1-2-3-13-20-24(21-14-7-4-8-15-21,22-16-9-5-10-17-22)23-18-11-6-12-19-23;;/h21-23H,1-20H2;;. The van der Waals surface area contributed by atoms with E-state index in [2.05, 4.69) is 0 Å². The van der Waals surface area contributed by atoms with Gasteiger partial charge in [-0.25, -0.2) is 0 Å². The fraction of sp³-hybridized carbons (Fsp3) is 1.00. The Morgan fingerprint density at radius 2 is 0.920 bits per heavy atom. The summed E-state index contributed by atoms with van der Waals surface area (Å²) >= 11 is 1.48. The van der Waals surface area contributed by atoms with E-state index in [4.69, 9.17) is 0 Å². The van der Waals surface area contributed by atoms with Crippen LogP contribution in [0.15, 0.2) is 0 Å². The van der Waals surface area contributed by atoms with E-state index < -0.39 is 0 Å². The van der Waals surface area contributed by atoms with E-state index in [-0.39, 0.29) is 0 Å². The van der Waals surface area contributed by atoms with Gasteiger partial charge in [0.05, 0.1) is 0 Å². The van der Waals surface area contributed by atoms with Crippen molar-refractivity contribution < 1.29 is 0 Å². The Balaban J connectivity index is 1.82. The summed E-state index contributed by atoms with van der Waals surface area (Å²) in [5, 5.41) is 0. The van der Waals surface area contributed by atoms with E-state index in [0.717, 1.165) is 23.2 Å². The number of hydrogen-bond donors (Lipinski definition) is 0. The van der Waals surface area contributed by atoms with Crippen LogP contribution in [0, 0.1) is 23.2 Å². The van der Waals surface area contributed by atoms with Crippen LogP contribution in [0.25, 0.3) is 0 Å². The molecule has 0 N–H and O–H groups in total. The fourth-order valence-electron chi connectivity index (χ4n) is 7.28. The fourth-order valence-corrected chi connectivity index (χ4v) is 8.11. The van der Waals surface area contributed by atoms with Gasteiger partial charge in [-0.1, -0.05) is 0 Å². The van der Waals surface area contributed by atoms with E-state index in [1.165, 1.54) is 59.1 Å². The molecule has 0 aliphatic heterocycles. The Morgan fingerprint density at radius 3 is 1.28 bits per heavy atom. The summed E-state index contributed by atoms with van der Waals surface area (Å²) in [5.74, 6) is 3.30. The number of rotatable bonds is 8. The molecule has 0 unspecified atom stereocenters. The van der Waals surface area contributed by atoms with Crippen LogP contribution in [0.2, 0.25) is 4.44 Å². The molecule has 0 atom stereocenters. The van der Waals surface area contributed by atoms with Crippen molar-refractivity contribution in [2.45, 2.75) is 126 Å². The molecule has 2 radical (unpaired) electrons. The average Bonchev–Trinajstić information content (AvgIpc) is 2.70. The predicted molar refractivity (Wildman–Crippen MR) is 113 cm³/mol. The van der Waals surface area contributed by atoms with Gasteiger partial charge in [-0.2, -0.15) is 0 Å². The molecule has 0 saturated heterocycles. The zero-order chi connectivity index (χ0) is 17.4. The predicted octanol–water partition coefficient (Wildman–Crippen LogP) is 7.59. The number of unbranched alkanes of at least 4 members (excludes halogenated alkanes) is 2. The molecule has 0 spiro atoms. The van der Waals surface area contributed by atoms with Crippen LogP contribution in [0.5, 0.6) is 0 Å². The van der Waals surface area contributed by atoms with Crippen LogP contribution in [-0.2, 0) is 0 Å². The van der Waals surface area contributed by atoms with Gasteiger partial charge < -0.3 is 0 Å². The monoisotopic (exact) mass is 452 g/mol. The molecular formula is C24H44Sn. The van der Waals surface area contributed by atoms with Gasteiger partial charge in [0.25, 0.3) is 0 Å². The van der Waals surface area contributed by atoms with Crippen molar-refractivity contribution in [3.8, 4) is 0 Å². The van der Waals surface area contributed by atoms with Crippen LogP contribution in [-0.4, -0.2) is 22.5 Å². The van der Waals surface area contributed by atoms with Crippen molar-refractivity contribution in [3.63, 3.8) is 0 Å². The molecule has 0 aromatic heterocycles. The summed E-state index contributed by atoms with van der Waals surface area (Å²) in [4.78, 5) is 0. The van der Waals surface area contributed by atoms with Crippen LogP contribution in [0.1, 0.15) is 122 Å². The molecule has 3 saturated carbocycles. The van der Waals surface area contributed by atoms with Crippen molar-refractivity contribution in [3.05, 3.63) is 0 Å². The Morgan fingerprint density at radius 1 is 0.520 bits per heavy atom. The van der Waals surface area contributed by atoms with Gasteiger partial charge in [-0.15, -0.1) is 0 Å². The Labute approximate surface area is 171 Å². The molecule has 3 rings (SSSR count).